The van der Waals surface area contributed by atoms with Crippen molar-refractivity contribution in [2.24, 2.45) is 0 Å². The molecule has 1 rings (SSSR count). The second-order valence-corrected chi connectivity index (χ2v) is 1.69. The molecule has 0 saturated carbocycles. The van der Waals surface area contributed by atoms with Gasteiger partial charge in [-0.2, -0.15) is 0 Å². The summed E-state index contributed by atoms with van der Waals surface area (Å²) < 4.78 is 4.79. The topological polar surface area (TPSA) is 85.1 Å². The lowest BCUT2D eigenvalue weighted by Crippen LogP contribution is -1.86. The summed E-state index contributed by atoms with van der Waals surface area (Å²) in [4.78, 5) is 0. The first-order valence-electron chi connectivity index (χ1n) is 2.65. The van der Waals surface area contributed by atoms with Crippen LogP contribution in [-0.2, 0) is 13.2 Å². The Morgan fingerprint density at radius 3 is 2.40 bits per heavy atom. The lowest BCUT2D eigenvalue weighted by Gasteiger charge is -1.90. The third kappa shape index (κ3) is 1.57. The zero-order valence-corrected chi connectivity index (χ0v) is 5.37. The van der Waals surface area contributed by atoms with E-state index in [1.54, 1.807) is 6.07 Å². The van der Waals surface area contributed by atoms with Crippen molar-refractivity contribution in [3.05, 3.63) is 23.7 Å². The summed E-state index contributed by atoms with van der Waals surface area (Å²) in [6, 6.07) is 1.63. The second-order valence-electron chi connectivity index (χ2n) is 1.69. The van der Waals surface area contributed by atoms with E-state index >= 15 is 0 Å². The molecule has 0 bridgehead atoms. The first-order valence-corrected chi connectivity index (χ1v) is 2.65. The number of rotatable bonds is 2. The Balaban J connectivity index is 0.000000810. The van der Waals surface area contributed by atoms with Crippen LogP contribution in [0.3, 0.4) is 0 Å². The van der Waals surface area contributed by atoms with Gasteiger partial charge in [0.25, 0.3) is 0 Å². The van der Waals surface area contributed by atoms with Crippen molar-refractivity contribution >= 4 is 0 Å². The van der Waals surface area contributed by atoms with Crippen LogP contribution in [-0.4, -0.2) is 15.7 Å². The summed E-state index contributed by atoms with van der Waals surface area (Å²) >= 11 is 0. The maximum Gasteiger partial charge on any atom is 0.134 e. The van der Waals surface area contributed by atoms with Crippen molar-refractivity contribution < 1.29 is 20.1 Å². The zero-order valence-electron chi connectivity index (χ0n) is 5.37. The SMILES string of the molecule is O.OCc1ccoc1CO. The van der Waals surface area contributed by atoms with Crippen molar-refractivity contribution in [2.45, 2.75) is 13.2 Å². The summed E-state index contributed by atoms with van der Waals surface area (Å²) in [6.45, 7) is -0.227. The predicted molar refractivity (Wildman–Crippen MR) is 34.2 cm³/mol. The van der Waals surface area contributed by atoms with E-state index in [1.165, 1.54) is 6.26 Å². The van der Waals surface area contributed by atoms with Crippen LogP contribution in [0.15, 0.2) is 16.7 Å². The monoisotopic (exact) mass is 146 g/mol. The Morgan fingerprint density at radius 2 is 2.00 bits per heavy atom. The lowest BCUT2D eigenvalue weighted by molar-refractivity contribution is 0.233. The summed E-state index contributed by atoms with van der Waals surface area (Å²) in [5.74, 6) is 0.442. The van der Waals surface area contributed by atoms with Crippen LogP contribution in [0.4, 0.5) is 0 Å². The number of aliphatic hydroxyl groups is 2. The molecule has 0 radical (unpaired) electrons. The van der Waals surface area contributed by atoms with Crippen LogP contribution in [0, 0.1) is 0 Å². The van der Waals surface area contributed by atoms with Gasteiger partial charge >= 0.3 is 0 Å². The molecule has 0 aliphatic carbocycles. The maximum absolute atomic E-state index is 8.57. The Kier molecular flexibility index (Phi) is 3.71. The van der Waals surface area contributed by atoms with Crippen molar-refractivity contribution in [1.29, 1.82) is 0 Å². The first-order chi connectivity index (χ1) is 4.38. The van der Waals surface area contributed by atoms with Crippen LogP contribution in [0.2, 0.25) is 0 Å². The lowest BCUT2D eigenvalue weighted by atomic mass is 10.3. The summed E-state index contributed by atoms with van der Waals surface area (Å²) in [6.07, 6.45) is 1.44. The second kappa shape index (κ2) is 4.05. The van der Waals surface area contributed by atoms with E-state index in [-0.39, 0.29) is 18.7 Å². The third-order valence-electron chi connectivity index (χ3n) is 1.15. The highest BCUT2D eigenvalue weighted by molar-refractivity contribution is 5.14. The van der Waals surface area contributed by atoms with Gasteiger partial charge in [-0.25, -0.2) is 0 Å². The average molecular weight is 146 g/mol. The molecule has 58 valence electrons. The predicted octanol–water partition coefficient (Wildman–Crippen LogP) is -0.560. The molecule has 0 unspecified atom stereocenters. The Labute approximate surface area is 58.0 Å². The van der Waals surface area contributed by atoms with Gasteiger partial charge in [-0.3, -0.25) is 0 Å². The molecule has 0 atom stereocenters. The average Bonchev–Trinajstić information content (AvgIpc) is 2.33. The molecule has 0 aliphatic heterocycles. The molecule has 4 heteroatoms. The molecular weight excluding hydrogens is 136 g/mol. The van der Waals surface area contributed by atoms with Crippen LogP contribution in [0.25, 0.3) is 0 Å². The van der Waals surface area contributed by atoms with Crippen molar-refractivity contribution in [3.63, 3.8) is 0 Å². The summed E-state index contributed by atoms with van der Waals surface area (Å²) in [7, 11) is 0. The van der Waals surface area contributed by atoms with Gasteiger partial charge in [0.2, 0.25) is 0 Å². The van der Waals surface area contributed by atoms with Crippen molar-refractivity contribution in [2.75, 3.05) is 0 Å². The van der Waals surface area contributed by atoms with Gasteiger partial charge in [0.15, 0.2) is 0 Å². The van der Waals surface area contributed by atoms with Crippen molar-refractivity contribution in [3.8, 4) is 0 Å². The number of furan rings is 1. The highest BCUT2D eigenvalue weighted by atomic mass is 16.4. The van der Waals surface area contributed by atoms with Gasteiger partial charge in [0.05, 0.1) is 12.9 Å². The molecule has 0 aromatic carbocycles. The fourth-order valence-corrected chi connectivity index (χ4v) is 0.647. The van der Waals surface area contributed by atoms with E-state index in [9.17, 15) is 0 Å². The zero-order chi connectivity index (χ0) is 6.69. The maximum atomic E-state index is 8.57. The highest BCUT2D eigenvalue weighted by Crippen LogP contribution is 2.08. The third-order valence-corrected chi connectivity index (χ3v) is 1.15. The largest absolute Gasteiger partial charge is 0.467 e. The normalized spacial score (nSPS) is 9.00. The summed E-state index contributed by atoms with van der Waals surface area (Å²) in [5, 5.41) is 17.1. The van der Waals surface area contributed by atoms with Gasteiger partial charge in [-0.1, -0.05) is 0 Å². The quantitative estimate of drug-likeness (QED) is 0.586. The molecule has 0 aliphatic rings. The number of aliphatic hydroxyl groups excluding tert-OH is 2. The van der Waals surface area contributed by atoms with Crippen LogP contribution in [0.1, 0.15) is 11.3 Å². The molecule has 4 nitrogen and oxygen atoms in total. The fraction of sp³-hybridized carbons (Fsp3) is 0.333. The Hall–Kier alpha value is -0.840. The molecule has 0 saturated heterocycles. The molecule has 10 heavy (non-hydrogen) atoms. The standard InChI is InChI=1S/C6H8O3.H2O/c7-3-5-1-2-9-6(5)4-8;/h1-2,7-8H,3-4H2;1H2. The molecule has 4 N–H and O–H groups in total. The van der Waals surface area contributed by atoms with E-state index in [4.69, 9.17) is 14.6 Å². The van der Waals surface area contributed by atoms with E-state index in [2.05, 4.69) is 0 Å². The van der Waals surface area contributed by atoms with Gasteiger partial charge in [0, 0.05) is 5.56 Å². The van der Waals surface area contributed by atoms with Gasteiger partial charge < -0.3 is 20.1 Å². The van der Waals surface area contributed by atoms with Crippen molar-refractivity contribution in [1.82, 2.24) is 0 Å². The first kappa shape index (κ1) is 9.16. The van der Waals surface area contributed by atoms with Crippen LogP contribution < -0.4 is 0 Å². The molecule has 0 fully saturated rings. The fourth-order valence-electron chi connectivity index (χ4n) is 0.647. The van der Waals surface area contributed by atoms with E-state index in [0.717, 1.165) is 0 Å². The number of hydrogen-bond donors (Lipinski definition) is 2. The molecular formula is C6H10O4. The smallest absolute Gasteiger partial charge is 0.134 e. The Bertz CT molecular complexity index is 163. The molecule has 0 amide bonds. The Morgan fingerprint density at radius 1 is 1.30 bits per heavy atom. The number of hydrogen-bond acceptors (Lipinski definition) is 3. The minimum absolute atomic E-state index is 0. The molecule has 1 heterocycles. The van der Waals surface area contributed by atoms with E-state index in [1.807, 2.05) is 0 Å². The minimum atomic E-state index is -0.150. The van der Waals surface area contributed by atoms with Crippen LogP contribution in [0.5, 0.6) is 0 Å². The summed E-state index contributed by atoms with van der Waals surface area (Å²) in [5.41, 5.74) is 0.650. The van der Waals surface area contributed by atoms with Gasteiger partial charge in [-0.05, 0) is 6.07 Å². The van der Waals surface area contributed by atoms with Gasteiger partial charge in [0.1, 0.15) is 12.4 Å². The molecule has 0 spiro atoms. The highest BCUT2D eigenvalue weighted by Gasteiger charge is 2.01. The van der Waals surface area contributed by atoms with E-state index < -0.39 is 0 Å². The van der Waals surface area contributed by atoms with E-state index in [0.29, 0.717) is 11.3 Å². The molecule has 1 aromatic heterocycles. The minimum Gasteiger partial charge on any atom is -0.467 e. The van der Waals surface area contributed by atoms with Crippen LogP contribution >= 0.6 is 0 Å². The molecule has 1 aromatic rings. The van der Waals surface area contributed by atoms with Gasteiger partial charge in [-0.15, -0.1) is 0 Å².